The number of amides is 1. The van der Waals surface area contributed by atoms with E-state index in [1.165, 1.54) is 0 Å². The molecule has 0 spiro atoms. The Hall–Kier alpha value is -2.77. The van der Waals surface area contributed by atoms with Crippen molar-refractivity contribution >= 4 is 16.9 Å². The Balaban J connectivity index is 1.57. The third-order valence-electron chi connectivity index (χ3n) is 3.20. The summed E-state index contributed by atoms with van der Waals surface area (Å²) in [6.45, 7) is 4.42. The van der Waals surface area contributed by atoms with Crippen LogP contribution in [-0.4, -0.2) is 38.0 Å². The monoisotopic (exact) mass is 300 g/mol. The van der Waals surface area contributed by atoms with E-state index in [9.17, 15) is 4.79 Å². The summed E-state index contributed by atoms with van der Waals surface area (Å²) in [5, 5.41) is 17.1. The van der Waals surface area contributed by atoms with Crippen LogP contribution < -0.4 is 5.32 Å². The van der Waals surface area contributed by atoms with Crippen LogP contribution in [0.15, 0.2) is 22.7 Å². The number of rotatable bonds is 5. The van der Waals surface area contributed by atoms with Gasteiger partial charge in [-0.05, 0) is 18.2 Å². The molecule has 2 heterocycles. The summed E-state index contributed by atoms with van der Waals surface area (Å²) < 4.78 is 5.13. The number of hydrogen-bond donors (Lipinski definition) is 2. The number of nitrogens with zero attached hydrogens (tertiary/aromatic N) is 4. The van der Waals surface area contributed by atoms with Crippen LogP contribution in [0.3, 0.4) is 0 Å². The highest BCUT2D eigenvalue weighted by atomic mass is 16.5. The first kappa shape index (κ1) is 14.2. The van der Waals surface area contributed by atoms with Crippen LogP contribution >= 0.6 is 0 Å². The predicted molar refractivity (Wildman–Crippen MR) is 78.3 cm³/mol. The van der Waals surface area contributed by atoms with E-state index in [-0.39, 0.29) is 11.8 Å². The standard InChI is InChI=1S/C14H16N6O2/c1-8(2)13-16-12(22-19-13)5-6-15-14(21)9-3-4-10-11(7-9)18-20-17-10/h3-4,7-8H,5-6H2,1-2H3,(H,15,21)(H,17,18,20). The first-order valence-electron chi connectivity index (χ1n) is 7.04. The van der Waals surface area contributed by atoms with Gasteiger partial charge in [-0.15, -0.1) is 0 Å². The van der Waals surface area contributed by atoms with Crippen molar-refractivity contribution in [3.05, 3.63) is 35.5 Å². The van der Waals surface area contributed by atoms with Gasteiger partial charge in [-0.2, -0.15) is 20.4 Å². The molecule has 2 N–H and O–H groups in total. The lowest BCUT2D eigenvalue weighted by molar-refractivity contribution is 0.0953. The van der Waals surface area contributed by atoms with E-state index in [1.54, 1.807) is 18.2 Å². The molecule has 0 fully saturated rings. The average molecular weight is 300 g/mol. The first-order chi connectivity index (χ1) is 10.6. The van der Waals surface area contributed by atoms with Crippen LogP contribution in [0.2, 0.25) is 0 Å². The largest absolute Gasteiger partial charge is 0.352 e. The average Bonchev–Trinajstić information content (AvgIpc) is 3.15. The number of hydrogen-bond acceptors (Lipinski definition) is 6. The van der Waals surface area contributed by atoms with Gasteiger partial charge in [-0.25, -0.2) is 0 Å². The molecular formula is C14H16N6O2. The van der Waals surface area contributed by atoms with Gasteiger partial charge >= 0.3 is 0 Å². The zero-order valence-electron chi connectivity index (χ0n) is 12.3. The van der Waals surface area contributed by atoms with Crippen molar-refractivity contribution in [3.8, 4) is 0 Å². The van der Waals surface area contributed by atoms with Crippen molar-refractivity contribution in [3.63, 3.8) is 0 Å². The van der Waals surface area contributed by atoms with E-state index in [0.717, 1.165) is 5.52 Å². The SMILES string of the molecule is CC(C)c1noc(CCNC(=O)c2ccc3n[nH]nc3c2)n1. The molecule has 0 radical (unpaired) electrons. The van der Waals surface area contributed by atoms with Crippen molar-refractivity contribution in [1.82, 2.24) is 30.9 Å². The fourth-order valence-corrected chi connectivity index (χ4v) is 1.97. The molecule has 8 heteroatoms. The highest BCUT2D eigenvalue weighted by molar-refractivity contribution is 5.97. The summed E-state index contributed by atoms with van der Waals surface area (Å²) in [4.78, 5) is 16.3. The maximum atomic E-state index is 12.1. The molecule has 8 nitrogen and oxygen atoms in total. The summed E-state index contributed by atoms with van der Waals surface area (Å²) >= 11 is 0. The predicted octanol–water partition coefficient (Wildman–Crippen LogP) is 1.44. The quantitative estimate of drug-likeness (QED) is 0.737. The van der Waals surface area contributed by atoms with E-state index in [1.807, 2.05) is 13.8 Å². The molecule has 1 aromatic carbocycles. The van der Waals surface area contributed by atoms with Crippen LogP contribution in [0.1, 0.15) is 41.8 Å². The van der Waals surface area contributed by atoms with Gasteiger partial charge in [-0.3, -0.25) is 4.79 Å². The van der Waals surface area contributed by atoms with Gasteiger partial charge in [0.05, 0.1) is 0 Å². The molecule has 3 aromatic rings. The molecule has 0 saturated heterocycles. The van der Waals surface area contributed by atoms with Crippen molar-refractivity contribution < 1.29 is 9.32 Å². The van der Waals surface area contributed by atoms with Crippen molar-refractivity contribution in [1.29, 1.82) is 0 Å². The van der Waals surface area contributed by atoms with Gasteiger partial charge in [0.2, 0.25) is 5.89 Å². The van der Waals surface area contributed by atoms with Crippen molar-refractivity contribution in [2.24, 2.45) is 0 Å². The van der Waals surface area contributed by atoms with Gasteiger partial charge in [0.1, 0.15) is 11.0 Å². The van der Waals surface area contributed by atoms with Crippen LogP contribution in [0.5, 0.6) is 0 Å². The lowest BCUT2D eigenvalue weighted by Gasteiger charge is -2.03. The second-order valence-electron chi connectivity index (χ2n) is 5.23. The van der Waals surface area contributed by atoms with Crippen molar-refractivity contribution in [2.45, 2.75) is 26.2 Å². The molecule has 0 aliphatic rings. The van der Waals surface area contributed by atoms with Gasteiger partial charge < -0.3 is 9.84 Å². The minimum Gasteiger partial charge on any atom is -0.352 e. The number of fused-ring (bicyclic) bond motifs is 1. The Bertz CT molecular complexity index is 791. The topological polar surface area (TPSA) is 110 Å². The smallest absolute Gasteiger partial charge is 0.251 e. The zero-order chi connectivity index (χ0) is 15.5. The molecule has 2 aromatic heterocycles. The number of aromatic amines is 1. The molecule has 0 bridgehead atoms. The number of benzene rings is 1. The van der Waals surface area contributed by atoms with Gasteiger partial charge in [0.25, 0.3) is 5.91 Å². The number of carbonyl (C=O) groups excluding carboxylic acids is 1. The van der Waals surface area contributed by atoms with E-state index < -0.39 is 0 Å². The first-order valence-corrected chi connectivity index (χ1v) is 7.04. The third-order valence-corrected chi connectivity index (χ3v) is 3.20. The number of carbonyl (C=O) groups is 1. The fourth-order valence-electron chi connectivity index (χ4n) is 1.97. The Morgan fingerprint density at radius 1 is 1.32 bits per heavy atom. The second-order valence-corrected chi connectivity index (χ2v) is 5.23. The van der Waals surface area contributed by atoms with Gasteiger partial charge in [-0.1, -0.05) is 19.0 Å². The maximum absolute atomic E-state index is 12.1. The minimum atomic E-state index is -0.173. The molecule has 1 amide bonds. The zero-order valence-corrected chi connectivity index (χ0v) is 12.3. The molecule has 0 atom stereocenters. The van der Waals surface area contributed by atoms with E-state index >= 15 is 0 Å². The molecule has 0 saturated carbocycles. The van der Waals surface area contributed by atoms with Crippen LogP contribution in [0.25, 0.3) is 11.0 Å². The van der Waals surface area contributed by atoms with Crippen LogP contribution in [0, 0.1) is 0 Å². The summed E-state index contributed by atoms with van der Waals surface area (Å²) in [7, 11) is 0. The highest BCUT2D eigenvalue weighted by Gasteiger charge is 2.11. The fraction of sp³-hybridized carbons (Fsp3) is 0.357. The Morgan fingerprint density at radius 3 is 2.91 bits per heavy atom. The molecule has 114 valence electrons. The van der Waals surface area contributed by atoms with E-state index in [0.29, 0.717) is 35.8 Å². The molecule has 0 aliphatic heterocycles. The van der Waals surface area contributed by atoms with E-state index in [4.69, 9.17) is 4.52 Å². The normalized spacial score (nSPS) is 11.2. The van der Waals surface area contributed by atoms with Gasteiger partial charge in [0.15, 0.2) is 5.82 Å². The number of nitrogens with one attached hydrogen (secondary N) is 2. The minimum absolute atomic E-state index is 0.173. The Kier molecular flexibility index (Phi) is 3.82. The molecule has 0 aliphatic carbocycles. The molecule has 0 unspecified atom stereocenters. The highest BCUT2D eigenvalue weighted by Crippen LogP contribution is 2.11. The Labute approximate surface area is 126 Å². The maximum Gasteiger partial charge on any atom is 0.251 e. The molecule has 22 heavy (non-hydrogen) atoms. The summed E-state index contributed by atoms with van der Waals surface area (Å²) in [6.07, 6.45) is 0.498. The molecule has 3 rings (SSSR count). The lowest BCUT2D eigenvalue weighted by atomic mass is 10.2. The summed E-state index contributed by atoms with van der Waals surface area (Å²) in [5.41, 5.74) is 1.92. The number of H-pyrrole nitrogens is 1. The lowest BCUT2D eigenvalue weighted by Crippen LogP contribution is -2.25. The summed E-state index contributed by atoms with van der Waals surface area (Å²) in [5.74, 6) is 1.25. The number of aromatic nitrogens is 5. The third kappa shape index (κ3) is 2.95. The second kappa shape index (κ2) is 5.92. The van der Waals surface area contributed by atoms with E-state index in [2.05, 4.69) is 30.9 Å². The summed E-state index contributed by atoms with van der Waals surface area (Å²) in [6, 6.07) is 5.15. The Morgan fingerprint density at radius 2 is 2.14 bits per heavy atom. The van der Waals surface area contributed by atoms with Crippen LogP contribution in [-0.2, 0) is 6.42 Å². The van der Waals surface area contributed by atoms with Crippen molar-refractivity contribution in [2.75, 3.05) is 6.54 Å². The van der Waals surface area contributed by atoms with Gasteiger partial charge in [0, 0.05) is 24.4 Å². The van der Waals surface area contributed by atoms with Crippen LogP contribution in [0.4, 0.5) is 0 Å². The molecular weight excluding hydrogens is 284 g/mol.